The van der Waals surface area contributed by atoms with Crippen LogP contribution in [0.25, 0.3) is 0 Å². The standard InChI is InChI=1S/C6H10BrNO3/c1-4(5(9)3-7)8-6(10)11-2/h4H,3H2,1-2H3,(H,8,10). The Kier molecular flexibility index (Phi) is 4.85. The molecular weight excluding hydrogens is 214 g/mol. The van der Waals surface area contributed by atoms with Crippen LogP contribution in [0, 0.1) is 0 Å². The van der Waals surface area contributed by atoms with Crippen molar-refractivity contribution in [3.63, 3.8) is 0 Å². The third-order valence-electron chi connectivity index (χ3n) is 1.13. The van der Waals surface area contributed by atoms with Gasteiger partial charge >= 0.3 is 6.09 Å². The van der Waals surface area contributed by atoms with Gasteiger partial charge in [-0.3, -0.25) is 4.79 Å². The maximum atomic E-state index is 10.8. The second-order valence-corrected chi connectivity index (χ2v) is 2.52. The number of Topliss-reactive ketones (excluding diaryl/α,β-unsaturated/α-hetero) is 1. The van der Waals surface area contributed by atoms with Gasteiger partial charge in [0.15, 0.2) is 5.78 Å². The van der Waals surface area contributed by atoms with Crippen LogP contribution in [-0.2, 0) is 9.53 Å². The zero-order valence-electron chi connectivity index (χ0n) is 6.39. The molecule has 1 N–H and O–H groups in total. The van der Waals surface area contributed by atoms with Gasteiger partial charge in [-0.05, 0) is 6.92 Å². The highest BCUT2D eigenvalue weighted by Gasteiger charge is 2.13. The van der Waals surface area contributed by atoms with E-state index >= 15 is 0 Å². The summed E-state index contributed by atoms with van der Waals surface area (Å²) in [5.41, 5.74) is 0. The molecule has 0 aliphatic carbocycles. The van der Waals surface area contributed by atoms with Crippen molar-refractivity contribution in [3.8, 4) is 0 Å². The predicted molar refractivity (Wildman–Crippen MR) is 43.8 cm³/mol. The van der Waals surface area contributed by atoms with Crippen molar-refractivity contribution in [1.29, 1.82) is 0 Å². The van der Waals surface area contributed by atoms with E-state index in [1.807, 2.05) is 0 Å². The van der Waals surface area contributed by atoms with Crippen molar-refractivity contribution in [3.05, 3.63) is 0 Å². The summed E-state index contributed by atoms with van der Waals surface area (Å²) in [6, 6.07) is -0.498. The second-order valence-electron chi connectivity index (χ2n) is 1.96. The van der Waals surface area contributed by atoms with E-state index in [1.165, 1.54) is 7.11 Å². The molecule has 0 aromatic carbocycles. The Bertz CT molecular complexity index is 160. The lowest BCUT2D eigenvalue weighted by molar-refractivity contribution is -0.118. The Morgan fingerprint density at radius 1 is 1.64 bits per heavy atom. The van der Waals surface area contributed by atoms with Gasteiger partial charge in [-0.1, -0.05) is 15.9 Å². The first-order valence-corrected chi connectivity index (χ1v) is 4.17. The number of rotatable bonds is 3. The van der Waals surface area contributed by atoms with Crippen LogP contribution < -0.4 is 5.32 Å². The predicted octanol–water partition coefficient (Wildman–Crippen LogP) is 0.695. The van der Waals surface area contributed by atoms with E-state index in [1.54, 1.807) is 6.92 Å². The van der Waals surface area contributed by atoms with Gasteiger partial charge in [-0.2, -0.15) is 0 Å². The average Bonchev–Trinajstić information content (AvgIpc) is 2.02. The van der Waals surface area contributed by atoms with Gasteiger partial charge in [0.1, 0.15) is 0 Å². The number of carbonyl (C=O) groups excluding carboxylic acids is 2. The maximum Gasteiger partial charge on any atom is 0.407 e. The zero-order valence-corrected chi connectivity index (χ0v) is 7.97. The smallest absolute Gasteiger partial charge is 0.407 e. The minimum absolute atomic E-state index is 0.0876. The molecule has 0 aromatic heterocycles. The van der Waals surface area contributed by atoms with E-state index < -0.39 is 12.1 Å². The number of hydrogen-bond acceptors (Lipinski definition) is 3. The highest BCUT2D eigenvalue weighted by atomic mass is 79.9. The Hall–Kier alpha value is -0.580. The van der Waals surface area contributed by atoms with E-state index in [0.717, 1.165) is 0 Å². The molecule has 1 amide bonds. The zero-order chi connectivity index (χ0) is 8.85. The quantitative estimate of drug-likeness (QED) is 0.717. The molecule has 0 rings (SSSR count). The molecule has 0 saturated carbocycles. The molecule has 11 heavy (non-hydrogen) atoms. The molecule has 64 valence electrons. The summed E-state index contributed by atoms with van der Waals surface area (Å²) in [5.74, 6) is -0.0876. The van der Waals surface area contributed by atoms with Crippen LogP contribution in [0.1, 0.15) is 6.92 Å². The normalized spacial score (nSPS) is 11.9. The van der Waals surface area contributed by atoms with Gasteiger partial charge in [-0.25, -0.2) is 4.79 Å². The number of methoxy groups -OCH3 is 1. The van der Waals surface area contributed by atoms with Crippen molar-refractivity contribution in [2.75, 3.05) is 12.4 Å². The van der Waals surface area contributed by atoms with Crippen molar-refractivity contribution < 1.29 is 14.3 Å². The van der Waals surface area contributed by atoms with Gasteiger partial charge in [0, 0.05) is 0 Å². The van der Waals surface area contributed by atoms with Gasteiger partial charge in [0.25, 0.3) is 0 Å². The molecule has 4 nitrogen and oxygen atoms in total. The summed E-state index contributed by atoms with van der Waals surface area (Å²) in [7, 11) is 1.25. The van der Waals surface area contributed by atoms with Crippen LogP contribution in [0.3, 0.4) is 0 Å². The monoisotopic (exact) mass is 223 g/mol. The number of hydrogen-bond donors (Lipinski definition) is 1. The number of alkyl halides is 1. The third kappa shape index (κ3) is 3.98. The van der Waals surface area contributed by atoms with Gasteiger partial charge in [-0.15, -0.1) is 0 Å². The number of nitrogens with one attached hydrogen (secondary N) is 1. The molecule has 0 saturated heterocycles. The van der Waals surface area contributed by atoms with E-state index in [-0.39, 0.29) is 11.1 Å². The highest BCUT2D eigenvalue weighted by Crippen LogP contribution is 1.90. The summed E-state index contributed by atoms with van der Waals surface area (Å²) >= 11 is 2.99. The second kappa shape index (κ2) is 5.12. The number of amides is 1. The fraction of sp³-hybridized carbons (Fsp3) is 0.667. The number of ketones is 1. The molecule has 0 heterocycles. The Morgan fingerprint density at radius 2 is 2.18 bits per heavy atom. The van der Waals surface area contributed by atoms with Gasteiger partial charge < -0.3 is 10.1 Å². The van der Waals surface area contributed by atoms with Crippen LogP contribution in [-0.4, -0.2) is 30.4 Å². The third-order valence-corrected chi connectivity index (χ3v) is 1.69. The van der Waals surface area contributed by atoms with Gasteiger partial charge in [0.2, 0.25) is 0 Å². The van der Waals surface area contributed by atoms with E-state index in [0.29, 0.717) is 0 Å². The maximum absolute atomic E-state index is 10.8. The minimum atomic E-state index is -0.591. The molecule has 1 atom stereocenters. The first-order valence-electron chi connectivity index (χ1n) is 3.05. The van der Waals surface area contributed by atoms with Crippen molar-refractivity contribution >= 4 is 27.8 Å². The SMILES string of the molecule is COC(=O)NC(C)C(=O)CBr. The van der Waals surface area contributed by atoms with E-state index in [9.17, 15) is 9.59 Å². The Morgan fingerprint density at radius 3 is 2.55 bits per heavy atom. The minimum Gasteiger partial charge on any atom is -0.453 e. The molecule has 0 aliphatic heterocycles. The summed E-state index contributed by atoms with van der Waals surface area (Å²) in [6.07, 6.45) is -0.591. The Balaban J connectivity index is 3.77. The fourth-order valence-corrected chi connectivity index (χ4v) is 0.918. The molecule has 0 aliphatic rings. The van der Waals surface area contributed by atoms with Crippen molar-refractivity contribution in [1.82, 2.24) is 5.32 Å². The lowest BCUT2D eigenvalue weighted by Gasteiger charge is -2.09. The van der Waals surface area contributed by atoms with Crippen molar-refractivity contribution in [2.24, 2.45) is 0 Å². The molecule has 0 radical (unpaired) electrons. The fourth-order valence-electron chi connectivity index (χ4n) is 0.432. The molecule has 5 heteroatoms. The Labute approximate surface area is 73.4 Å². The number of ether oxygens (including phenoxy) is 1. The average molecular weight is 224 g/mol. The van der Waals surface area contributed by atoms with E-state index in [2.05, 4.69) is 26.0 Å². The van der Waals surface area contributed by atoms with E-state index in [4.69, 9.17) is 0 Å². The largest absolute Gasteiger partial charge is 0.453 e. The number of alkyl carbamates (subject to hydrolysis) is 1. The summed E-state index contributed by atoms with van der Waals surface area (Å²) < 4.78 is 4.30. The summed E-state index contributed by atoms with van der Waals surface area (Å²) in [5, 5.41) is 2.57. The molecule has 1 unspecified atom stereocenters. The highest BCUT2D eigenvalue weighted by molar-refractivity contribution is 9.09. The number of halogens is 1. The molecule has 0 fully saturated rings. The van der Waals surface area contributed by atoms with Gasteiger partial charge in [0.05, 0.1) is 18.5 Å². The molecule has 0 aromatic rings. The number of carbonyl (C=O) groups is 2. The van der Waals surface area contributed by atoms with Crippen LogP contribution in [0.15, 0.2) is 0 Å². The topological polar surface area (TPSA) is 55.4 Å². The van der Waals surface area contributed by atoms with Crippen molar-refractivity contribution in [2.45, 2.75) is 13.0 Å². The first kappa shape index (κ1) is 10.4. The van der Waals surface area contributed by atoms with Crippen LogP contribution in [0.2, 0.25) is 0 Å². The molecular formula is C6H10BrNO3. The summed E-state index contributed by atoms with van der Waals surface area (Å²) in [4.78, 5) is 21.4. The lowest BCUT2D eigenvalue weighted by Crippen LogP contribution is -2.38. The van der Waals surface area contributed by atoms with Crippen LogP contribution in [0.4, 0.5) is 4.79 Å². The first-order chi connectivity index (χ1) is 5.11. The van der Waals surface area contributed by atoms with Crippen LogP contribution in [0.5, 0.6) is 0 Å². The molecule has 0 bridgehead atoms. The summed E-state index contributed by atoms with van der Waals surface area (Å²) in [6.45, 7) is 1.60. The lowest BCUT2D eigenvalue weighted by atomic mass is 10.2. The molecule has 0 spiro atoms. The van der Waals surface area contributed by atoms with Crippen LogP contribution >= 0.6 is 15.9 Å².